The quantitative estimate of drug-likeness (QED) is 0.0873. The third kappa shape index (κ3) is 7.85. The van der Waals surface area contributed by atoms with Crippen LogP contribution >= 0.6 is 45.3 Å². The molecular formula is C46H60S4. The van der Waals surface area contributed by atoms with Crippen LogP contribution < -0.4 is 0 Å². The van der Waals surface area contributed by atoms with E-state index in [-0.39, 0.29) is 5.41 Å². The highest BCUT2D eigenvalue weighted by atomic mass is 32.1. The van der Waals surface area contributed by atoms with Crippen molar-refractivity contribution < 1.29 is 0 Å². The molecule has 6 rings (SSSR count). The summed E-state index contributed by atoms with van der Waals surface area (Å²) in [5.74, 6) is 2.11. The first-order valence-corrected chi connectivity index (χ1v) is 23.0. The Balaban J connectivity index is 1.42. The van der Waals surface area contributed by atoms with Crippen LogP contribution in [0.2, 0.25) is 0 Å². The molecule has 0 aliphatic rings. The highest BCUT2D eigenvalue weighted by molar-refractivity contribution is 7.28. The average molecular weight is 741 g/mol. The van der Waals surface area contributed by atoms with Crippen molar-refractivity contribution >= 4 is 76.3 Å². The molecule has 2 aromatic carbocycles. The molecule has 0 aliphatic heterocycles. The van der Waals surface area contributed by atoms with Crippen LogP contribution in [0.25, 0.3) is 50.5 Å². The first kappa shape index (κ1) is 37.8. The summed E-state index contributed by atoms with van der Waals surface area (Å²) in [4.78, 5) is 9.05. The molecule has 0 bridgehead atoms. The van der Waals surface area contributed by atoms with Gasteiger partial charge in [0.1, 0.15) is 0 Å². The van der Waals surface area contributed by atoms with Crippen molar-refractivity contribution in [3.8, 4) is 19.5 Å². The average Bonchev–Trinajstić information content (AvgIpc) is 3.92. The fraction of sp³-hybridized carbons (Fsp3) is 0.522. The first-order valence-electron chi connectivity index (χ1n) is 19.8. The van der Waals surface area contributed by atoms with Gasteiger partial charge in [-0.2, -0.15) is 0 Å². The summed E-state index contributed by atoms with van der Waals surface area (Å²) in [5.41, 5.74) is 3.38. The zero-order valence-corrected chi connectivity index (χ0v) is 35.5. The normalized spacial score (nSPS) is 13.8. The maximum atomic E-state index is 2.59. The lowest BCUT2D eigenvalue weighted by atomic mass is 9.86. The zero-order valence-electron chi connectivity index (χ0n) is 32.3. The van der Waals surface area contributed by atoms with Crippen molar-refractivity contribution in [1.29, 1.82) is 0 Å². The Morgan fingerprint density at radius 1 is 0.600 bits per heavy atom. The molecule has 268 valence electrons. The molecule has 0 radical (unpaired) electrons. The van der Waals surface area contributed by atoms with E-state index in [0.717, 1.165) is 11.8 Å². The van der Waals surface area contributed by atoms with E-state index in [4.69, 9.17) is 0 Å². The second kappa shape index (κ2) is 16.4. The molecule has 0 amide bonds. The van der Waals surface area contributed by atoms with Gasteiger partial charge in [0, 0.05) is 49.4 Å². The smallest absolute Gasteiger partial charge is 0.0478 e. The maximum Gasteiger partial charge on any atom is 0.0478 e. The maximum absolute atomic E-state index is 2.59. The predicted octanol–water partition coefficient (Wildman–Crippen LogP) is 17.1. The molecule has 50 heavy (non-hydrogen) atoms. The molecule has 4 heteroatoms. The third-order valence-electron chi connectivity index (χ3n) is 11.5. The fourth-order valence-corrected chi connectivity index (χ4v) is 12.7. The van der Waals surface area contributed by atoms with E-state index in [1.807, 2.05) is 22.7 Å². The lowest BCUT2D eigenvalue weighted by Gasteiger charge is -2.20. The number of rotatable bonds is 17. The Hall–Kier alpha value is -1.98. The summed E-state index contributed by atoms with van der Waals surface area (Å²) in [7, 11) is 0. The molecule has 0 nitrogen and oxygen atoms in total. The summed E-state index contributed by atoms with van der Waals surface area (Å²) in [5, 5.41) is 5.62. The van der Waals surface area contributed by atoms with E-state index in [9.17, 15) is 0 Å². The summed E-state index contributed by atoms with van der Waals surface area (Å²) in [6.07, 6.45) is 14.1. The van der Waals surface area contributed by atoms with Crippen molar-refractivity contribution in [1.82, 2.24) is 0 Å². The first-order chi connectivity index (χ1) is 24.1. The lowest BCUT2D eigenvalue weighted by Crippen LogP contribution is -2.13. The van der Waals surface area contributed by atoms with E-state index in [1.165, 1.54) is 126 Å². The van der Waals surface area contributed by atoms with Crippen molar-refractivity contribution in [3.05, 3.63) is 69.4 Å². The Bertz CT molecular complexity index is 2020. The summed E-state index contributed by atoms with van der Waals surface area (Å²) >= 11 is 8.18. The van der Waals surface area contributed by atoms with Gasteiger partial charge in [0.2, 0.25) is 0 Å². The third-order valence-corrected chi connectivity index (χ3v) is 17.2. The van der Waals surface area contributed by atoms with Crippen molar-refractivity contribution in [2.24, 2.45) is 11.8 Å². The van der Waals surface area contributed by atoms with Crippen LogP contribution in [0.15, 0.2) is 48.5 Å². The molecule has 0 fully saturated rings. The standard InChI is InChI=1S/C46H60S4/c1-10-15-17-30(12-3)23-34-27-38(29(6)7)47-44(34)39-25-32-19-21-37-36(42(32)48-39)22-20-33-26-40(49-43(33)37)45-35(24-31(13-4)18-16-11-2)28-41(50-45)46(8,9)14-5/h19-22,25-31H,10-18,23-24H2,1-9H3. The van der Waals surface area contributed by atoms with Crippen LogP contribution in [0.5, 0.6) is 0 Å². The number of hydrogen-bond acceptors (Lipinski definition) is 4. The Morgan fingerprint density at radius 3 is 1.56 bits per heavy atom. The molecule has 2 atom stereocenters. The predicted molar refractivity (Wildman–Crippen MR) is 233 cm³/mol. The Kier molecular flexibility index (Phi) is 12.4. The van der Waals surface area contributed by atoms with E-state index in [1.54, 1.807) is 16.0 Å². The largest absolute Gasteiger partial charge is 0.139 e. The highest BCUT2D eigenvalue weighted by Gasteiger charge is 2.26. The van der Waals surface area contributed by atoms with Crippen LogP contribution in [0.3, 0.4) is 0 Å². The molecule has 2 unspecified atom stereocenters. The number of thiophene rings is 4. The van der Waals surface area contributed by atoms with Crippen LogP contribution in [-0.4, -0.2) is 0 Å². The summed E-state index contributed by atoms with van der Waals surface area (Å²) in [6.45, 7) is 21.3. The van der Waals surface area contributed by atoms with Crippen LogP contribution in [0.4, 0.5) is 0 Å². The van der Waals surface area contributed by atoms with Crippen LogP contribution in [-0.2, 0) is 18.3 Å². The van der Waals surface area contributed by atoms with Gasteiger partial charge in [0.15, 0.2) is 0 Å². The van der Waals surface area contributed by atoms with E-state index >= 15 is 0 Å². The van der Waals surface area contributed by atoms with Gasteiger partial charge in [-0.25, -0.2) is 0 Å². The van der Waals surface area contributed by atoms with Crippen molar-refractivity contribution in [2.75, 3.05) is 0 Å². The topological polar surface area (TPSA) is 0 Å². The minimum atomic E-state index is 0.208. The number of unbranched alkanes of at least 4 members (excludes halogenated alkanes) is 2. The van der Waals surface area contributed by atoms with Gasteiger partial charge in [-0.05, 0) is 88.6 Å². The minimum absolute atomic E-state index is 0.208. The monoisotopic (exact) mass is 740 g/mol. The molecule has 0 N–H and O–H groups in total. The lowest BCUT2D eigenvalue weighted by molar-refractivity contribution is 0.449. The van der Waals surface area contributed by atoms with Gasteiger partial charge in [-0.15, -0.1) is 45.3 Å². The van der Waals surface area contributed by atoms with Gasteiger partial charge in [-0.1, -0.05) is 138 Å². The van der Waals surface area contributed by atoms with Crippen molar-refractivity contribution in [2.45, 2.75) is 144 Å². The fourth-order valence-electron chi connectivity index (χ4n) is 7.52. The van der Waals surface area contributed by atoms with Gasteiger partial charge in [0.25, 0.3) is 0 Å². The molecule has 6 aromatic rings. The van der Waals surface area contributed by atoms with E-state index in [0.29, 0.717) is 5.92 Å². The molecule has 4 heterocycles. The Labute approximate surface area is 319 Å². The molecule has 0 saturated heterocycles. The summed E-state index contributed by atoms with van der Waals surface area (Å²) < 4.78 is 2.90. The second-order valence-electron chi connectivity index (χ2n) is 15.9. The molecule has 0 spiro atoms. The molecular weight excluding hydrogens is 681 g/mol. The Morgan fingerprint density at radius 2 is 1.10 bits per heavy atom. The van der Waals surface area contributed by atoms with Gasteiger partial charge in [-0.3, -0.25) is 0 Å². The molecule has 0 aliphatic carbocycles. The summed E-state index contributed by atoms with van der Waals surface area (Å²) in [6, 6.07) is 19.8. The number of fused-ring (bicyclic) bond motifs is 5. The van der Waals surface area contributed by atoms with Crippen LogP contribution in [0, 0.1) is 11.8 Å². The second-order valence-corrected chi connectivity index (χ2v) is 20.1. The molecule has 4 aromatic heterocycles. The van der Waals surface area contributed by atoms with Gasteiger partial charge >= 0.3 is 0 Å². The van der Waals surface area contributed by atoms with Gasteiger partial charge < -0.3 is 0 Å². The minimum Gasteiger partial charge on any atom is -0.139 e. The van der Waals surface area contributed by atoms with Gasteiger partial charge in [0.05, 0.1) is 0 Å². The van der Waals surface area contributed by atoms with E-state index < -0.39 is 0 Å². The number of hydrogen-bond donors (Lipinski definition) is 0. The zero-order chi connectivity index (χ0) is 35.6. The SMILES string of the molecule is CCCCC(CC)Cc1cc(C(C)C)sc1-c1cc2ccc3c(ccc4cc(-c5sc(C(C)(C)CC)cc5CC(CC)CCCC)sc43)c2s1. The number of benzene rings is 2. The van der Waals surface area contributed by atoms with E-state index in [2.05, 4.69) is 134 Å². The highest BCUT2D eigenvalue weighted by Crippen LogP contribution is 2.49. The van der Waals surface area contributed by atoms with Crippen molar-refractivity contribution in [3.63, 3.8) is 0 Å². The van der Waals surface area contributed by atoms with Crippen LogP contribution in [0.1, 0.15) is 147 Å². The molecule has 0 saturated carbocycles.